The van der Waals surface area contributed by atoms with Crippen LogP contribution in [-0.4, -0.2) is 37.2 Å². The quantitative estimate of drug-likeness (QED) is 0.0261. The SMILES string of the molecule is CC/C=C\C/C=C\C/C=C\C/C=C\C/C=C\CCCCCCCCCC(=O)OCC(COC(=O)CCCCCCCCCCCCCCCCC)OC(=O)CCCCCCCCCCC/C=C\CCCCCCCC. The molecule has 0 aliphatic rings. The molecule has 0 aromatic carbocycles. The van der Waals surface area contributed by atoms with E-state index in [0.717, 1.165) is 96.3 Å². The molecule has 0 aromatic rings. The molecule has 0 radical (unpaired) electrons. The van der Waals surface area contributed by atoms with Crippen LogP contribution in [0.5, 0.6) is 0 Å². The number of hydrogen-bond acceptors (Lipinski definition) is 6. The zero-order chi connectivity index (χ0) is 54.3. The van der Waals surface area contributed by atoms with E-state index in [1.807, 2.05) is 0 Å². The Balaban J connectivity index is 4.36. The highest BCUT2D eigenvalue weighted by Gasteiger charge is 2.19. The molecule has 0 bridgehead atoms. The van der Waals surface area contributed by atoms with Crippen molar-refractivity contribution in [3.8, 4) is 0 Å². The maximum atomic E-state index is 12.9. The summed E-state index contributed by atoms with van der Waals surface area (Å²) in [6.07, 6.45) is 81.8. The summed E-state index contributed by atoms with van der Waals surface area (Å²) in [7, 11) is 0. The van der Waals surface area contributed by atoms with Gasteiger partial charge >= 0.3 is 17.9 Å². The van der Waals surface area contributed by atoms with Gasteiger partial charge in [0.05, 0.1) is 0 Å². The average molecular weight is 1050 g/mol. The number of allylic oxidation sites excluding steroid dienone is 12. The second-order valence-electron chi connectivity index (χ2n) is 21.6. The highest BCUT2D eigenvalue weighted by atomic mass is 16.6. The van der Waals surface area contributed by atoms with Crippen LogP contribution in [-0.2, 0) is 28.6 Å². The maximum absolute atomic E-state index is 12.9. The fraction of sp³-hybridized carbons (Fsp3) is 0.783. The first-order chi connectivity index (χ1) is 37.0. The highest BCUT2D eigenvalue weighted by molar-refractivity contribution is 5.71. The number of rotatable bonds is 59. The molecule has 0 spiro atoms. The molecular weight excluding hydrogens is 925 g/mol. The molecule has 0 N–H and O–H groups in total. The van der Waals surface area contributed by atoms with Crippen LogP contribution in [0.25, 0.3) is 0 Å². The standard InChI is InChI=1S/C69H122O6/c1-4-7-10-13-16-19-22-25-28-30-32-33-34-35-37-38-41-44-47-50-53-56-59-62-68(71)74-65-66(64-73-67(70)61-58-55-52-49-46-43-40-27-24-21-18-15-12-9-6-3)75-69(72)63-60-57-54-51-48-45-42-39-36-31-29-26-23-20-17-14-11-8-5-2/h7,10,16,19,25-26,28-29,32-33,35,37,66H,4-6,8-9,11-15,17-18,20-24,27,30-31,34,36,38-65H2,1-3H3/b10-7-,19-16-,28-25-,29-26-,33-32-,37-35-. The normalized spacial score (nSPS) is 12.5. The number of carbonyl (C=O) groups is 3. The van der Waals surface area contributed by atoms with E-state index in [-0.39, 0.29) is 31.1 Å². The van der Waals surface area contributed by atoms with Crippen LogP contribution in [0.15, 0.2) is 72.9 Å². The Labute approximate surface area is 465 Å². The van der Waals surface area contributed by atoms with Gasteiger partial charge in [-0.3, -0.25) is 14.4 Å². The van der Waals surface area contributed by atoms with Crippen LogP contribution in [0.2, 0.25) is 0 Å². The van der Waals surface area contributed by atoms with E-state index in [1.165, 1.54) is 193 Å². The molecule has 434 valence electrons. The number of unbranched alkanes of at least 4 members (excludes halogenated alkanes) is 36. The van der Waals surface area contributed by atoms with Gasteiger partial charge in [-0.1, -0.05) is 293 Å². The van der Waals surface area contributed by atoms with E-state index >= 15 is 0 Å². The molecule has 0 aromatic heterocycles. The third-order valence-corrected chi connectivity index (χ3v) is 14.2. The summed E-state index contributed by atoms with van der Waals surface area (Å²) in [5.74, 6) is -0.872. The third-order valence-electron chi connectivity index (χ3n) is 14.2. The summed E-state index contributed by atoms with van der Waals surface area (Å²) in [4.78, 5) is 38.4. The third kappa shape index (κ3) is 61.6. The largest absolute Gasteiger partial charge is 0.462 e. The van der Waals surface area contributed by atoms with Crippen LogP contribution >= 0.6 is 0 Å². The minimum atomic E-state index is -0.781. The molecule has 1 atom stereocenters. The number of esters is 3. The average Bonchev–Trinajstić information content (AvgIpc) is 3.41. The molecule has 1 unspecified atom stereocenters. The van der Waals surface area contributed by atoms with Crippen molar-refractivity contribution in [2.24, 2.45) is 0 Å². The molecule has 6 nitrogen and oxygen atoms in total. The summed E-state index contributed by atoms with van der Waals surface area (Å²) >= 11 is 0. The molecule has 0 saturated carbocycles. The van der Waals surface area contributed by atoms with Crippen LogP contribution in [0, 0.1) is 0 Å². The summed E-state index contributed by atoms with van der Waals surface area (Å²) in [6, 6.07) is 0. The van der Waals surface area contributed by atoms with Crippen molar-refractivity contribution in [2.75, 3.05) is 13.2 Å². The van der Waals surface area contributed by atoms with Gasteiger partial charge in [-0.25, -0.2) is 0 Å². The van der Waals surface area contributed by atoms with Crippen molar-refractivity contribution >= 4 is 17.9 Å². The van der Waals surface area contributed by atoms with E-state index in [1.54, 1.807) is 0 Å². The second kappa shape index (κ2) is 63.4. The summed E-state index contributed by atoms with van der Waals surface area (Å²) < 4.78 is 16.9. The molecule has 0 aliphatic carbocycles. The Morgan fingerprint density at radius 2 is 0.520 bits per heavy atom. The number of hydrogen-bond donors (Lipinski definition) is 0. The Hall–Kier alpha value is -3.15. The molecule has 0 saturated heterocycles. The first-order valence-corrected chi connectivity index (χ1v) is 32.4. The Morgan fingerprint density at radius 1 is 0.280 bits per heavy atom. The predicted octanol–water partition coefficient (Wildman–Crippen LogP) is 22.1. The summed E-state index contributed by atoms with van der Waals surface area (Å²) in [5.41, 5.74) is 0. The van der Waals surface area contributed by atoms with Crippen molar-refractivity contribution in [1.29, 1.82) is 0 Å². The first-order valence-electron chi connectivity index (χ1n) is 32.4. The zero-order valence-electron chi connectivity index (χ0n) is 49.8. The van der Waals surface area contributed by atoms with E-state index < -0.39 is 6.10 Å². The van der Waals surface area contributed by atoms with Gasteiger partial charge in [0.1, 0.15) is 13.2 Å². The fourth-order valence-corrected chi connectivity index (χ4v) is 9.35. The molecule has 75 heavy (non-hydrogen) atoms. The Kier molecular flexibility index (Phi) is 60.7. The molecule has 6 heteroatoms. The Bertz CT molecular complexity index is 1390. The molecule has 0 aliphatic heterocycles. The lowest BCUT2D eigenvalue weighted by Gasteiger charge is -2.18. The monoisotopic (exact) mass is 1050 g/mol. The van der Waals surface area contributed by atoms with Crippen LogP contribution in [0.3, 0.4) is 0 Å². The molecule has 0 rings (SSSR count). The lowest BCUT2D eigenvalue weighted by Crippen LogP contribution is -2.30. The van der Waals surface area contributed by atoms with E-state index in [4.69, 9.17) is 14.2 Å². The van der Waals surface area contributed by atoms with Gasteiger partial charge in [0, 0.05) is 19.3 Å². The second-order valence-corrected chi connectivity index (χ2v) is 21.6. The van der Waals surface area contributed by atoms with Crippen molar-refractivity contribution < 1.29 is 28.6 Å². The smallest absolute Gasteiger partial charge is 0.306 e. The predicted molar refractivity (Wildman–Crippen MR) is 325 cm³/mol. The van der Waals surface area contributed by atoms with E-state index in [2.05, 4.69) is 93.7 Å². The minimum absolute atomic E-state index is 0.0762. The van der Waals surface area contributed by atoms with Crippen molar-refractivity contribution in [1.82, 2.24) is 0 Å². The number of carbonyl (C=O) groups excluding carboxylic acids is 3. The summed E-state index contributed by atoms with van der Waals surface area (Å²) in [6.45, 7) is 6.56. The van der Waals surface area contributed by atoms with E-state index in [0.29, 0.717) is 19.3 Å². The van der Waals surface area contributed by atoms with Gasteiger partial charge in [-0.05, 0) is 89.9 Å². The first kappa shape index (κ1) is 71.8. The summed E-state index contributed by atoms with van der Waals surface area (Å²) in [5, 5.41) is 0. The van der Waals surface area contributed by atoms with Crippen molar-refractivity contribution in [3.05, 3.63) is 72.9 Å². The van der Waals surface area contributed by atoms with Crippen LogP contribution in [0.4, 0.5) is 0 Å². The molecule has 0 amide bonds. The molecule has 0 heterocycles. The van der Waals surface area contributed by atoms with Gasteiger partial charge < -0.3 is 14.2 Å². The lowest BCUT2D eigenvalue weighted by molar-refractivity contribution is -0.167. The fourth-order valence-electron chi connectivity index (χ4n) is 9.35. The lowest BCUT2D eigenvalue weighted by atomic mass is 10.0. The molecule has 0 fully saturated rings. The van der Waals surface area contributed by atoms with Crippen LogP contribution in [0.1, 0.15) is 329 Å². The van der Waals surface area contributed by atoms with Gasteiger partial charge in [0.25, 0.3) is 0 Å². The number of ether oxygens (including phenoxy) is 3. The highest BCUT2D eigenvalue weighted by Crippen LogP contribution is 2.17. The van der Waals surface area contributed by atoms with Gasteiger partial charge in [-0.2, -0.15) is 0 Å². The molecular formula is C69H122O6. The minimum Gasteiger partial charge on any atom is -0.462 e. The van der Waals surface area contributed by atoms with Gasteiger partial charge in [0.15, 0.2) is 6.10 Å². The van der Waals surface area contributed by atoms with Gasteiger partial charge in [0.2, 0.25) is 0 Å². The topological polar surface area (TPSA) is 78.9 Å². The van der Waals surface area contributed by atoms with Crippen molar-refractivity contribution in [3.63, 3.8) is 0 Å². The van der Waals surface area contributed by atoms with E-state index in [9.17, 15) is 14.4 Å². The van der Waals surface area contributed by atoms with Crippen LogP contribution < -0.4 is 0 Å². The van der Waals surface area contributed by atoms with Crippen molar-refractivity contribution in [2.45, 2.75) is 335 Å². The zero-order valence-corrected chi connectivity index (χ0v) is 49.8. The maximum Gasteiger partial charge on any atom is 0.306 e. The van der Waals surface area contributed by atoms with Gasteiger partial charge in [-0.15, -0.1) is 0 Å². The Morgan fingerprint density at radius 3 is 0.827 bits per heavy atom.